The van der Waals surface area contributed by atoms with Gasteiger partial charge < -0.3 is 10.2 Å². The van der Waals surface area contributed by atoms with E-state index in [0.29, 0.717) is 23.6 Å². The van der Waals surface area contributed by atoms with E-state index in [0.717, 1.165) is 19.5 Å². The van der Waals surface area contributed by atoms with E-state index in [1.807, 2.05) is 4.90 Å². The van der Waals surface area contributed by atoms with Gasteiger partial charge in [-0.15, -0.1) is 0 Å². The summed E-state index contributed by atoms with van der Waals surface area (Å²) in [5, 5.41) is 3.56. The van der Waals surface area contributed by atoms with Crippen molar-refractivity contribution in [2.75, 3.05) is 18.0 Å². The monoisotopic (exact) mass is 296 g/mol. The van der Waals surface area contributed by atoms with Gasteiger partial charge in [0.1, 0.15) is 11.6 Å². The molecular weight excluding hydrogens is 270 g/mol. The molecule has 0 radical (unpaired) electrons. The van der Waals surface area contributed by atoms with Crippen LogP contribution in [-0.4, -0.2) is 25.2 Å². The molecule has 4 heteroatoms. The molecule has 0 saturated carbocycles. The van der Waals surface area contributed by atoms with Gasteiger partial charge in [0.05, 0.1) is 5.69 Å². The van der Waals surface area contributed by atoms with Gasteiger partial charge in [0.25, 0.3) is 0 Å². The Morgan fingerprint density at radius 3 is 2.57 bits per heavy atom. The van der Waals surface area contributed by atoms with Gasteiger partial charge in [-0.25, -0.2) is 8.78 Å². The summed E-state index contributed by atoms with van der Waals surface area (Å²) in [6.07, 6.45) is 1.04. The van der Waals surface area contributed by atoms with Crippen LogP contribution < -0.4 is 10.2 Å². The minimum absolute atomic E-state index is 0.185. The zero-order valence-electron chi connectivity index (χ0n) is 13.4. The number of anilines is 1. The Morgan fingerprint density at radius 2 is 1.95 bits per heavy atom. The van der Waals surface area contributed by atoms with Crippen LogP contribution in [0.1, 0.15) is 34.1 Å². The maximum absolute atomic E-state index is 14.2. The topological polar surface area (TPSA) is 15.3 Å². The fourth-order valence-electron chi connectivity index (χ4n) is 3.14. The van der Waals surface area contributed by atoms with Crippen molar-refractivity contribution in [1.82, 2.24) is 5.32 Å². The first-order valence-corrected chi connectivity index (χ1v) is 7.83. The summed E-state index contributed by atoms with van der Waals surface area (Å²) < 4.78 is 27.7. The second-order valence-corrected chi connectivity index (χ2v) is 6.79. The minimum Gasteiger partial charge on any atom is -0.363 e. The Bertz CT molecular complexity index is 474. The number of nitrogens with zero attached hydrogens (tertiary/aromatic N) is 1. The SMILES string of the molecule is CC(C)CC1CN(c2cc(F)ccc2F)C(C(C)C)CN1. The number of hydrogen-bond acceptors (Lipinski definition) is 2. The van der Waals surface area contributed by atoms with Gasteiger partial charge in [0, 0.05) is 31.2 Å². The predicted molar refractivity (Wildman–Crippen MR) is 83.6 cm³/mol. The van der Waals surface area contributed by atoms with Crippen LogP contribution in [0.3, 0.4) is 0 Å². The summed E-state index contributed by atoms with van der Waals surface area (Å²) in [6.45, 7) is 10.2. The summed E-state index contributed by atoms with van der Waals surface area (Å²) in [5.41, 5.74) is 0.393. The molecule has 2 atom stereocenters. The minimum atomic E-state index is -0.382. The van der Waals surface area contributed by atoms with Crippen LogP contribution in [0.4, 0.5) is 14.5 Å². The average Bonchev–Trinajstić information content (AvgIpc) is 2.40. The van der Waals surface area contributed by atoms with Gasteiger partial charge in [0.2, 0.25) is 0 Å². The first kappa shape index (κ1) is 16.2. The zero-order chi connectivity index (χ0) is 15.6. The van der Waals surface area contributed by atoms with Gasteiger partial charge >= 0.3 is 0 Å². The van der Waals surface area contributed by atoms with Crippen molar-refractivity contribution < 1.29 is 8.78 Å². The highest BCUT2D eigenvalue weighted by Crippen LogP contribution is 2.28. The zero-order valence-corrected chi connectivity index (χ0v) is 13.4. The van der Waals surface area contributed by atoms with E-state index in [2.05, 4.69) is 33.0 Å². The van der Waals surface area contributed by atoms with Crippen LogP contribution in [0.2, 0.25) is 0 Å². The lowest BCUT2D eigenvalue weighted by Gasteiger charge is -2.44. The van der Waals surface area contributed by atoms with Gasteiger partial charge in [-0.2, -0.15) is 0 Å². The number of benzene rings is 1. The van der Waals surface area contributed by atoms with Crippen molar-refractivity contribution in [3.63, 3.8) is 0 Å². The molecule has 0 amide bonds. The molecule has 21 heavy (non-hydrogen) atoms. The lowest BCUT2D eigenvalue weighted by atomic mass is 9.94. The summed E-state index contributed by atoms with van der Waals surface area (Å²) in [5.74, 6) is 0.234. The Labute approximate surface area is 126 Å². The highest BCUT2D eigenvalue weighted by atomic mass is 19.1. The average molecular weight is 296 g/mol. The van der Waals surface area contributed by atoms with Gasteiger partial charge in [-0.05, 0) is 30.4 Å². The second kappa shape index (κ2) is 6.73. The molecular formula is C17H26F2N2. The quantitative estimate of drug-likeness (QED) is 0.909. The van der Waals surface area contributed by atoms with Gasteiger partial charge in [-0.3, -0.25) is 0 Å². The van der Waals surface area contributed by atoms with E-state index >= 15 is 0 Å². The Morgan fingerprint density at radius 1 is 1.24 bits per heavy atom. The molecule has 1 saturated heterocycles. The first-order valence-electron chi connectivity index (χ1n) is 7.83. The fraction of sp³-hybridized carbons (Fsp3) is 0.647. The number of rotatable bonds is 4. The van der Waals surface area contributed by atoms with Crippen molar-refractivity contribution in [1.29, 1.82) is 0 Å². The normalized spacial score (nSPS) is 23.1. The number of piperazine rings is 1. The van der Waals surface area contributed by atoms with Crippen molar-refractivity contribution in [2.24, 2.45) is 11.8 Å². The van der Waals surface area contributed by atoms with Crippen molar-refractivity contribution in [3.05, 3.63) is 29.8 Å². The molecule has 1 aromatic rings. The van der Waals surface area contributed by atoms with E-state index in [-0.39, 0.29) is 17.7 Å². The molecule has 1 aliphatic rings. The summed E-state index contributed by atoms with van der Waals surface area (Å²) >= 11 is 0. The molecule has 0 aliphatic carbocycles. The van der Waals surface area contributed by atoms with Crippen molar-refractivity contribution >= 4 is 5.69 Å². The lowest BCUT2D eigenvalue weighted by Crippen LogP contribution is -2.59. The van der Waals surface area contributed by atoms with E-state index in [1.54, 1.807) is 0 Å². The summed E-state index contributed by atoms with van der Waals surface area (Å²) in [4.78, 5) is 2.05. The molecule has 118 valence electrons. The molecule has 2 nitrogen and oxygen atoms in total. The third kappa shape index (κ3) is 3.94. The highest BCUT2D eigenvalue weighted by Gasteiger charge is 2.31. The molecule has 0 aromatic heterocycles. The largest absolute Gasteiger partial charge is 0.363 e. The smallest absolute Gasteiger partial charge is 0.146 e. The standard InChI is InChI=1S/C17H26F2N2/c1-11(2)7-14-10-21(17(9-20-14)12(3)4)16-8-13(18)5-6-15(16)19/h5-6,8,11-12,14,17,20H,7,9-10H2,1-4H3. The molecule has 1 N–H and O–H groups in total. The summed E-state index contributed by atoms with van der Waals surface area (Å²) in [6, 6.07) is 4.23. The molecule has 2 rings (SSSR count). The van der Waals surface area contributed by atoms with Crippen LogP contribution in [0, 0.1) is 23.5 Å². The lowest BCUT2D eigenvalue weighted by molar-refractivity contribution is 0.308. The van der Waals surface area contributed by atoms with E-state index in [9.17, 15) is 8.78 Å². The number of nitrogens with one attached hydrogen (secondary N) is 1. The fourth-order valence-corrected chi connectivity index (χ4v) is 3.14. The van der Waals surface area contributed by atoms with Gasteiger partial charge in [0.15, 0.2) is 0 Å². The van der Waals surface area contributed by atoms with E-state index in [1.165, 1.54) is 18.2 Å². The molecule has 1 aromatic carbocycles. The second-order valence-electron chi connectivity index (χ2n) is 6.79. The molecule has 0 spiro atoms. The molecule has 1 heterocycles. The molecule has 1 fully saturated rings. The highest BCUT2D eigenvalue weighted by molar-refractivity contribution is 5.50. The van der Waals surface area contributed by atoms with E-state index in [4.69, 9.17) is 0 Å². The number of hydrogen-bond donors (Lipinski definition) is 1. The van der Waals surface area contributed by atoms with Crippen LogP contribution in [-0.2, 0) is 0 Å². The number of halogens is 2. The van der Waals surface area contributed by atoms with Crippen LogP contribution in [0.15, 0.2) is 18.2 Å². The maximum Gasteiger partial charge on any atom is 0.146 e. The van der Waals surface area contributed by atoms with Crippen LogP contribution in [0.5, 0.6) is 0 Å². The van der Waals surface area contributed by atoms with E-state index < -0.39 is 0 Å². The predicted octanol–water partition coefficient (Wildman–Crippen LogP) is 3.81. The van der Waals surface area contributed by atoms with Crippen LogP contribution >= 0.6 is 0 Å². The third-order valence-corrected chi connectivity index (χ3v) is 4.18. The van der Waals surface area contributed by atoms with Crippen LogP contribution in [0.25, 0.3) is 0 Å². The Balaban J connectivity index is 2.27. The molecule has 1 aliphatic heterocycles. The Hall–Kier alpha value is -1.16. The Kier molecular flexibility index (Phi) is 5.20. The van der Waals surface area contributed by atoms with Crippen molar-refractivity contribution in [2.45, 2.75) is 46.2 Å². The first-order chi connectivity index (χ1) is 9.88. The third-order valence-electron chi connectivity index (χ3n) is 4.18. The molecule has 2 unspecified atom stereocenters. The van der Waals surface area contributed by atoms with Gasteiger partial charge in [-0.1, -0.05) is 27.7 Å². The maximum atomic E-state index is 14.2. The van der Waals surface area contributed by atoms with Crippen molar-refractivity contribution in [3.8, 4) is 0 Å². The summed E-state index contributed by atoms with van der Waals surface area (Å²) in [7, 11) is 0. The molecule has 0 bridgehead atoms.